The van der Waals surface area contributed by atoms with E-state index in [4.69, 9.17) is 4.52 Å². The summed E-state index contributed by atoms with van der Waals surface area (Å²) < 4.78 is 29.5. The van der Waals surface area contributed by atoms with Gasteiger partial charge in [-0.05, 0) is 18.1 Å². The number of hydrogen-bond acceptors (Lipinski definition) is 6. The van der Waals surface area contributed by atoms with Crippen LogP contribution in [0.5, 0.6) is 0 Å². The van der Waals surface area contributed by atoms with Crippen molar-refractivity contribution in [3.8, 4) is 11.6 Å². The minimum absolute atomic E-state index is 0.151. The molecule has 0 saturated heterocycles. The summed E-state index contributed by atoms with van der Waals surface area (Å²) in [6.07, 6.45) is 3.60. The summed E-state index contributed by atoms with van der Waals surface area (Å²) in [5, 5.41) is 7.97. The summed E-state index contributed by atoms with van der Waals surface area (Å²) in [5.41, 5.74) is 1.88. The quantitative estimate of drug-likeness (QED) is 0.682. The average Bonchev–Trinajstić information content (AvgIpc) is 3.13. The van der Waals surface area contributed by atoms with E-state index in [1.807, 2.05) is 18.2 Å². The van der Waals surface area contributed by atoms with E-state index in [1.165, 1.54) is 5.56 Å². The lowest BCUT2D eigenvalue weighted by Gasteiger charge is -2.04. The molecular weight excluding hydrogens is 316 g/mol. The molecule has 1 aromatic carbocycles. The molecule has 0 bridgehead atoms. The Hall–Kier alpha value is -2.48. The van der Waals surface area contributed by atoms with Crippen LogP contribution in [0.3, 0.4) is 0 Å². The van der Waals surface area contributed by atoms with E-state index >= 15 is 0 Å². The fourth-order valence-corrected chi connectivity index (χ4v) is 2.81. The molecule has 0 unspecified atom stereocenters. The first-order valence-corrected chi connectivity index (χ1v) is 9.14. The first-order valence-electron chi connectivity index (χ1n) is 7.08. The van der Waals surface area contributed by atoms with E-state index < -0.39 is 9.84 Å². The van der Waals surface area contributed by atoms with Crippen LogP contribution in [0.15, 0.2) is 47.1 Å². The third-order valence-corrected chi connectivity index (χ3v) is 4.03. The zero-order chi connectivity index (χ0) is 16.3. The molecule has 7 nitrogen and oxygen atoms in total. The van der Waals surface area contributed by atoms with Crippen LogP contribution < -0.4 is 0 Å². The Kier molecular flexibility index (Phi) is 4.24. The van der Waals surface area contributed by atoms with Crippen LogP contribution in [0.2, 0.25) is 0 Å². The highest BCUT2D eigenvalue weighted by Gasteiger charge is 2.16. The minimum Gasteiger partial charge on any atom is -0.332 e. The van der Waals surface area contributed by atoms with E-state index in [0.717, 1.165) is 12.7 Å². The fourth-order valence-electron chi connectivity index (χ4n) is 2.22. The van der Waals surface area contributed by atoms with Crippen molar-refractivity contribution in [3.63, 3.8) is 0 Å². The largest absolute Gasteiger partial charge is 0.332 e. The number of sulfone groups is 1. The summed E-state index contributed by atoms with van der Waals surface area (Å²) in [4.78, 5) is 4.14. The highest BCUT2D eigenvalue weighted by atomic mass is 32.2. The first kappa shape index (κ1) is 15.4. The second kappa shape index (κ2) is 6.33. The highest BCUT2D eigenvalue weighted by Crippen LogP contribution is 2.18. The predicted molar refractivity (Wildman–Crippen MR) is 84.2 cm³/mol. The highest BCUT2D eigenvalue weighted by molar-refractivity contribution is 7.89. The van der Waals surface area contributed by atoms with Gasteiger partial charge in [-0.25, -0.2) is 8.42 Å². The van der Waals surface area contributed by atoms with Crippen molar-refractivity contribution < 1.29 is 12.9 Å². The van der Waals surface area contributed by atoms with Gasteiger partial charge < -0.3 is 4.52 Å². The molecule has 0 amide bonds. The van der Waals surface area contributed by atoms with Crippen molar-refractivity contribution in [1.29, 1.82) is 0 Å². The molecular formula is C15H16N4O3S. The lowest BCUT2D eigenvalue weighted by Crippen LogP contribution is -2.05. The van der Waals surface area contributed by atoms with Gasteiger partial charge in [-0.1, -0.05) is 35.5 Å². The maximum Gasteiger partial charge on any atom is 0.276 e. The van der Waals surface area contributed by atoms with E-state index in [-0.39, 0.29) is 17.5 Å². The van der Waals surface area contributed by atoms with Crippen molar-refractivity contribution in [2.75, 3.05) is 6.26 Å². The van der Waals surface area contributed by atoms with Gasteiger partial charge in [0.2, 0.25) is 0 Å². The van der Waals surface area contributed by atoms with Crippen molar-refractivity contribution >= 4 is 9.84 Å². The van der Waals surface area contributed by atoms with E-state index in [9.17, 15) is 8.42 Å². The Bertz CT molecular complexity index is 884. The molecule has 3 aromatic rings. The normalized spacial score (nSPS) is 11.7. The Morgan fingerprint density at radius 2 is 1.96 bits per heavy atom. The van der Waals surface area contributed by atoms with Gasteiger partial charge in [0, 0.05) is 19.0 Å². The standard InChI is InChI=1S/C15H16N4O3S/c1-23(20,21)11-14-17-15(22-18-14)13-7-9-16-19(13)10-8-12-5-3-2-4-6-12/h2-7,9H,8,10-11H2,1H3. The molecule has 23 heavy (non-hydrogen) atoms. The van der Waals surface area contributed by atoms with E-state index in [2.05, 4.69) is 27.4 Å². The maximum absolute atomic E-state index is 11.3. The van der Waals surface area contributed by atoms with Crippen molar-refractivity contribution in [3.05, 3.63) is 54.0 Å². The lowest BCUT2D eigenvalue weighted by atomic mass is 10.1. The van der Waals surface area contributed by atoms with Gasteiger partial charge in [-0.2, -0.15) is 10.1 Å². The third-order valence-electron chi connectivity index (χ3n) is 3.25. The van der Waals surface area contributed by atoms with Gasteiger partial charge in [0.15, 0.2) is 15.7 Å². The van der Waals surface area contributed by atoms with Crippen LogP contribution in [0.4, 0.5) is 0 Å². The molecule has 2 aromatic heterocycles. The topological polar surface area (TPSA) is 90.9 Å². The van der Waals surface area contributed by atoms with Gasteiger partial charge >= 0.3 is 0 Å². The van der Waals surface area contributed by atoms with Crippen LogP contribution in [-0.2, 0) is 28.6 Å². The maximum atomic E-state index is 11.3. The van der Waals surface area contributed by atoms with Crippen LogP contribution in [0.25, 0.3) is 11.6 Å². The number of aromatic nitrogens is 4. The molecule has 8 heteroatoms. The third kappa shape index (κ3) is 4.04. The Labute approximate surface area is 133 Å². The molecule has 0 N–H and O–H groups in total. The van der Waals surface area contributed by atoms with Gasteiger partial charge in [-0.15, -0.1) is 0 Å². The molecule has 0 aliphatic heterocycles. The van der Waals surface area contributed by atoms with Crippen LogP contribution in [0, 0.1) is 0 Å². The Morgan fingerprint density at radius 1 is 1.17 bits per heavy atom. The van der Waals surface area contributed by atoms with Crippen molar-refractivity contribution in [2.24, 2.45) is 0 Å². The smallest absolute Gasteiger partial charge is 0.276 e. The molecule has 0 radical (unpaired) electrons. The zero-order valence-electron chi connectivity index (χ0n) is 12.6. The second-order valence-corrected chi connectivity index (χ2v) is 7.40. The lowest BCUT2D eigenvalue weighted by molar-refractivity contribution is 0.419. The van der Waals surface area contributed by atoms with Gasteiger partial charge in [-0.3, -0.25) is 4.68 Å². The van der Waals surface area contributed by atoms with Crippen LogP contribution in [0.1, 0.15) is 11.4 Å². The van der Waals surface area contributed by atoms with Gasteiger partial charge in [0.1, 0.15) is 11.4 Å². The number of benzene rings is 1. The summed E-state index contributed by atoms with van der Waals surface area (Å²) in [6, 6.07) is 11.8. The van der Waals surface area contributed by atoms with Crippen molar-refractivity contribution in [2.45, 2.75) is 18.7 Å². The molecule has 0 saturated carbocycles. The summed E-state index contributed by atoms with van der Waals surface area (Å²) >= 11 is 0. The fraction of sp³-hybridized carbons (Fsp3) is 0.267. The number of hydrogen-bond donors (Lipinski definition) is 0. The molecule has 0 atom stereocenters. The molecule has 3 rings (SSSR count). The van der Waals surface area contributed by atoms with Gasteiger partial charge in [0.05, 0.1) is 0 Å². The van der Waals surface area contributed by atoms with E-state index in [1.54, 1.807) is 16.9 Å². The average molecular weight is 332 g/mol. The SMILES string of the molecule is CS(=O)(=O)Cc1noc(-c2ccnn2CCc2ccccc2)n1. The van der Waals surface area contributed by atoms with Crippen LogP contribution in [-0.4, -0.2) is 34.6 Å². The summed E-state index contributed by atoms with van der Waals surface area (Å²) in [5.74, 6) is 0.182. The number of rotatable bonds is 6. The molecule has 0 spiro atoms. The van der Waals surface area contributed by atoms with Gasteiger partial charge in [0.25, 0.3) is 5.89 Å². The Balaban J connectivity index is 1.76. The Morgan fingerprint density at radius 3 is 2.70 bits per heavy atom. The molecule has 0 aliphatic rings. The molecule has 0 aliphatic carbocycles. The van der Waals surface area contributed by atoms with E-state index in [0.29, 0.717) is 12.2 Å². The second-order valence-electron chi connectivity index (χ2n) is 5.26. The minimum atomic E-state index is -3.20. The molecule has 2 heterocycles. The molecule has 120 valence electrons. The zero-order valence-corrected chi connectivity index (χ0v) is 13.4. The summed E-state index contributed by atoms with van der Waals surface area (Å²) in [7, 11) is -3.20. The number of aryl methyl sites for hydroxylation is 2. The predicted octanol–water partition coefficient (Wildman–Crippen LogP) is 1.72. The van der Waals surface area contributed by atoms with Crippen molar-refractivity contribution in [1.82, 2.24) is 19.9 Å². The first-order chi connectivity index (χ1) is 11.0. The molecule has 0 fully saturated rings. The monoisotopic (exact) mass is 332 g/mol. The summed E-state index contributed by atoms with van der Waals surface area (Å²) in [6.45, 7) is 0.663. The van der Waals surface area contributed by atoms with Crippen LogP contribution >= 0.6 is 0 Å². The number of nitrogens with zero attached hydrogens (tertiary/aromatic N) is 4.